The maximum atomic E-state index is 13.4. The van der Waals surface area contributed by atoms with Crippen LogP contribution in [-0.4, -0.2) is 16.5 Å². The van der Waals surface area contributed by atoms with Gasteiger partial charge < -0.3 is 0 Å². The summed E-state index contributed by atoms with van der Waals surface area (Å²) in [4.78, 5) is 34.0. The average molecular weight is 265 g/mol. The number of hydrogen-bond donors (Lipinski definition) is 0. The van der Waals surface area contributed by atoms with Gasteiger partial charge in [0, 0.05) is 18.4 Å². The first kappa shape index (κ1) is 13.3. The normalized spacial score (nSPS) is 16.7. The van der Waals surface area contributed by atoms with Crippen LogP contribution >= 0.6 is 0 Å². The van der Waals surface area contributed by atoms with E-state index in [4.69, 9.17) is 0 Å². The van der Waals surface area contributed by atoms with Crippen LogP contribution in [0.4, 0.5) is 10.1 Å². The quantitative estimate of drug-likeness (QED) is 0.467. The lowest BCUT2D eigenvalue weighted by Crippen LogP contribution is -2.27. The summed E-state index contributed by atoms with van der Waals surface area (Å²) in [6.07, 6.45) is 0.927. The van der Waals surface area contributed by atoms with E-state index >= 15 is 0 Å². The fraction of sp³-hybridized carbons (Fsp3) is 0.385. The molecule has 0 N–H and O–H groups in total. The van der Waals surface area contributed by atoms with E-state index < -0.39 is 22.3 Å². The van der Waals surface area contributed by atoms with E-state index in [1.165, 1.54) is 13.0 Å². The summed E-state index contributed by atoms with van der Waals surface area (Å²) in [5, 5.41) is 11.1. The fourth-order valence-corrected chi connectivity index (χ4v) is 2.42. The Morgan fingerprint density at radius 2 is 1.84 bits per heavy atom. The molecule has 0 aliphatic heterocycles. The van der Waals surface area contributed by atoms with Crippen LogP contribution in [0.3, 0.4) is 0 Å². The van der Waals surface area contributed by atoms with Crippen LogP contribution in [0.25, 0.3) is 0 Å². The molecular weight excluding hydrogens is 253 g/mol. The molecule has 0 amide bonds. The molecule has 100 valence electrons. The molecule has 0 radical (unpaired) electrons. The van der Waals surface area contributed by atoms with Crippen LogP contribution in [0.2, 0.25) is 0 Å². The number of carbonyl (C=O) groups is 2. The second-order valence-corrected chi connectivity index (χ2v) is 4.59. The van der Waals surface area contributed by atoms with Crippen molar-refractivity contribution in [2.24, 2.45) is 0 Å². The van der Waals surface area contributed by atoms with Crippen molar-refractivity contribution >= 4 is 17.3 Å². The maximum absolute atomic E-state index is 13.4. The van der Waals surface area contributed by atoms with Gasteiger partial charge in [-0.3, -0.25) is 19.7 Å². The molecule has 19 heavy (non-hydrogen) atoms. The molecule has 6 heteroatoms. The molecule has 1 fully saturated rings. The lowest BCUT2D eigenvalue weighted by atomic mass is 9.80. The summed E-state index contributed by atoms with van der Waals surface area (Å²) in [5.74, 6) is -2.49. The fourth-order valence-electron chi connectivity index (χ4n) is 2.42. The Morgan fingerprint density at radius 3 is 2.37 bits per heavy atom. The van der Waals surface area contributed by atoms with Crippen molar-refractivity contribution in [1.29, 1.82) is 0 Å². The van der Waals surface area contributed by atoms with E-state index in [1.54, 1.807) is 0 Å². The van der Waals surface area contributed by atoms with Gasteiger partial charge in [-0.2, -0.15) is 0 Å². The Bertz CT molecular complexity index is 566. The minimum atomic E-state index is -1.12. The third kappa shape index (κ3) is 2.25. The number of nitrogens with zero attached hydrogens (tertiary/aromatic N) is 1. The van der Waals surface area contributed by atoms with E-state index in [9.17, 15) is 24.1 Å². The first-order chi connectivity index (χ1) is 8.93. The van der Waals surface area contributed by atoms with Crippen LogP contribution in [0, 0.1) is 22.9 Å². The Balaban J connectivity index is 2.61. The van der Waals surface area contributed by atoms with Gasteiger partial charge in [0.05, 0.1) is 10.5 Å². The number of rotatable bonds is 2. The molecule has 0 unspecified atom stereocenters. The van der Waals surface area contributed by atoms with Gasteiger partial charge in [0.2, 0.25) is 0 Å². The second kappa shape index (κ2) is 4.87. The van der Waals surface area contributed by atoms with Crippen LogP contribution in [0.1, 0.15) is 36.3 Å². The average Bonchev–Trinajstić information content (AvgIpc) is 2.33. The molecule has 2 rings (SSSR count). The molecule has 0 atom stereocenters. The Labute approximate surface area is 108 Å². The molecule has 0 heterocycles. The van der Waals surface area contributed by atoms with E-state index in [0.717, 1.165) is 6.07 Å². The molecule has 5 nitrogen and oxygen atoms in total. The monoisotopic (exact) mass is 265 g/mol. The molecule has 1 aliphatic rings. The molecule has 0 aromatic heterocycles. The lowest BCUT2D eigenvalue weighted by Gasteiger charge is -2.20. The largest absolute Gasteiger partial charge is 0.299 e. The van der Waals surface area contributed by atoms with Crippen molar-refractivity contribution in [2.75, 3.05) is 0 Å². The molecule has 1 aromatic rings. The van der Waals surface area contributed by atoms with Gasteiger partial charge in [-0.15, -0.1) is 0 Å². The van der Waals surface area contributed by atoms with Gasteiger partial charge in [-0.1, -0.05) is 0 Å². The summed E-state index contributed by atoms with van der Waals surface area (Å²) < 4.78 is 13.4. The van der Waals surface area contributed by atoms with Crippen molar-refractivity contribution in [2.45, 2.75) is 32.1 Å². The maximum Gasteiger partial charge on any atom is 0.279 e. The highest BCUT2D eigenvalue weighted by Crippen LogP contribution is 2.35. The molecule has 1 aliphatic carbocycles. The molecule has 0 saturated heterocycles. The molecule has 0 bridgehead atoms. The summed E-state index contributed by atoms with van der Waals surface area (Å²) in [7, 11) is 0. The van der Waals surface area contributed by atoms with E-state index in [-0.39, 0.29) is 35.5 Å². The van der Waals surface area contributed by atoms with Crippen molar-refractivity contribution in [3.8, 4) is 0 Å². The smallest absolute Gasteiger partial charge is 0.279 e. The summed E-state index contributed by atoms with van der Waals surface area (Å²) in [6.45, 7) is 1.27. The zero-order valence-electron chi connectivity index (χ0n) is 10.3. The molecule has 0 spiro atoms. The zero-order chi connectivity index (χ0) is 14.2. The van der Waals surface area contributed by atoms with Crippen molar-refractivity contribution < 1.29 is 18.9 Å². The Morgan fingerprint density at radius 1 is 1.26 bits per heavy atom. The first-order valence-electron chi connectivity index (χ1n) is 5.92. The SMILES string of the molecule is Cc1c(F)ccc(C2C(=O)CCCC2=O)c1[N+](=O)[O-]. The lowest BCUT2D eigenvalue weighted by molar-refractivity contribution is -0.386. The number of carbonyl (C=O) groups excluding carboxylic acids is 2. The summed E-state index contributed by atoms with van der Waals surface area (Å²) in [5.41, 5.74) is -0.596. The zero-order valence-corrected chi connectivity index (χ0v) is 10.3. The van der Waals surface area contributed by atoms with Gasteiger partial charge in [0.25, 0.3) is 5.69 Å². The highest BCUT2D eigenvalue weighted by Gasteiger charge is 2.37. The second-order valence-electron chi connectivity index (χ2n) is 4.59. The summed E-state index contributed by atoms with van der Waals surface area (Å²) >= 11 is 0. The molecule has 1 aromatic carbocycles. The van der Waals surface area contributed by atoms with Gasteiger partial charge in [-0.25, -0.2) is 4.39 Å². The first-order valence-corrected chi connectivity index (χ1v) is 5.92. The van der Waals surface area contributed by atoms with Crippen LogP contribution in [0.5, 0.6) is 0 Å². The van der Waals surface area contributed by atoms with Crippen LogP contribution in [-0.2, 0) is 9.59 Å². The number of nitro benzene ring substituents is 1. The van der Waals surface area contributed by atoms with Gasteiger partial charge >= 0.3 is 0 Å². The molecular formula is C13H12FNO4. The molecule has 1 saturated carbocycles. The number of nitro groups is 1. The predicted octanol–water partition coefficient (Wildman–Crippen LogP) is 2.45. The van der Waals surface area contributed by atoms with Crippen LogP contribution < -0.4 is 0 Å². The number of Topliss-reactive ketones (excluding diaryl/α,β-unsaturated/α-hetero) is 2. The van der Waals surface area contributed by atoms with Gasteiger partial charge in [0.15, 0.2) is 0 Å². The highest BCUT2D eigenvalue weighted by atomic mass is 19.1. The van der Waals surface area contributed by atoms with Crippen molar-refractivity contribution in [3.63, 3.8) is 0 Å². The number of hydrogen-bond acceptors (Lipinski definition) is 4. The number of benzene rings is 1. The third-order valence-electron chi connectivity index (χ3n) is 3.38. The number of ketones is 2. The Hall–Kier alpha value is -2.11. The minimum Gasteiger partial charge on any atom is -0.299 e. The topological polar surface area (TPSA) is 77.3 Å². The van der Waals surface area contributed by atoms with E-state index in [2.05, 4.69) is 0 Å². The Kier molecular flexibility index (Phi) is 3.42. The van der Waals surface area contributed by atoms with Crippen molar-refractivity contribution in [1.82, 2.24) is 0 Å². The predicted molar refractivity (Wildman–Crippen MR) is 64.4 cm³/mol. The third-order valence-corrected chi connectivity index (χ3v) is 3.38. The highest BCUT2D eigenvalue weighted by molar-refractivity contribution is 6.10. The van der Waals surface area contributed by atoms with E-state index in [0.29, 0.717) is 6.42 Å². The van der Waals surface area contributed by atoms with Crippen molar-refractivity contribution in [3.05, 3.63) is 39.2 Å². The number of halogens is 1. The summed E-state index contributed by atoms with van der Waals surface area (Å²) in [6, 6.07) is 2.24. The minimum absolute atomic E-state index is 0.0126. The van der Waals surface area contributed by atoms with Gasteiger partial charge in [-0.05, 0) is 25.5 Å². The standard InChI is InChI=1S/C13H12FNO4/c1-7-9(14)6-5-8(13(7)15(18)19)12-10(16)3-2-4-11(12)17/h5-6,12H,2-4H2,1H3. The van der Waals surface area contributed by atoms with E-state index in [1.807, 2.05) is 0 Å². The van der Waals surface area contributed by atoms with Gasteiger partial charge in [0.1, 0.15) is 23.3 Å². The van der Waals surface area contributed by atoms with Crippen LogP contribution in [0.15, 0.2) is 12.1 Å².